The lowest BCUT2D eigenvalue weighted by Crippen LogP contribution is -2.40. The fourth-order valence-corrected chi connectivity index (χ4v) is 4.54. The summed E-state index contributed by atoms with van der Waals surface area (Å²) in [5.41, 5.74) is 1.16. The maximum Gasteiger partial charge on any atom is 0.161 e. The number of aliphatic hydroxyl groups excluding tert-OH is 1. The van der Waals surface area contributed by atoms with Gasteiger partial charge in [0.05, 0.1) is 20.3 Å². The van der Waals surface area contributed by atoms with Crippen LogP contribution in [0.1, 0.15) is 5.56 Å². The highest BCUT2D eigenvalue weighted by atomic mass is 32.2. The van der Waals surface area contributed by atoms with Crippen molar-refractivity contribution in [1.82, 2.24) is 15.1 Å². The van der Waals surface area contributed by atoms with Gasteiger partial charge in [0, 0.05) is 63.9 Å². The molecule has 0 amide bonds. The molecule has 2 N–H and O–H groups in total. The fourth-order valence-electron chi connectivity index (χ4n) is 3.56. The van der Waals surface area contributed by atoms with Gasteiger partial charge in [0.2, 0.25) is 0 Å². The van der Waals surface area contributed by atoms with Gasteiger partial charge in [0.1, 0.15) is 12.7 Å². The van der Waals surface area contributed by atoms with Crippen molar-refractivity contribution in [2.24, 2.45) is 0 Å². The van der Waals surface area contributed by atoms with Crippen LogP contribution in [0.4, 0.5) is 0 Å². The first-order valence-corrected chi connectivity index (χ1v) is 11.7. The minimum Gasteiger partial charge on any atom is -0.493 e. The Morgan fingerprint density at radius 2 is 1.93 bits per heavy atom. The molecule has 2 aliphatic heterocycles. The molecule has 8 heteroatoms. The van der Waals surface area contributed by atoms with E-state index in [-0.39, 0.29) is 6.61 Å². The summed E-state index contributed by atoms with van der Waals surface area (Å²) in [5.74, 6) is 3.67. The molecule has 3 rings (SSSR count). The number of rotatable bonds is 11. The van der Waals surface area contributed by atoms with Gasteiger partial charge >= 0.3 is 0 Å². The van der Waals surface area contributed by atoms with Gasteiger partial charge in [-0.3, -0.25) is 9.80 Å². The first-order valence-electron chi connectivity index (χ1n) is 10.5. The molecular formula is C21H35N3O4S. The van der Waals surface area contributed by atoms with Crippen molar-refractivity contribution in [3.8, 4) is 11.5 Å². The number of nitrogens with zero attached hydrogens (tertiary/aromatic N) is 2. The maximum absolute atomic E-state index is 10.3. The van der Waals surface area contributed by atoms with Crippen molar-refractivity contribution in [2.45, 2.75) is 12.6 Å². The van der Waals surface area contributed by atoms with Gasteiger partial charge in [-0.05, 0) is 17.7 Å². The van der Waals surface area contributed by atoms with Crippen LogP contribution < -0.4 is 14.8 Å². The minimum atomic E-state index is -0.496. The van der Waals surface area contributed by atoms with Crippen molar-refractivity contribution >= 4 is 11.8 Å². The second kappa shape index (κ2) is 12.6. The summed E-state index contributed by atoms with van der Waals surface area (Å²) in [6.45, 7) is 9.50. The Bertz CT molecular complexity index is 595. The van der Waals surface area contributed by atoms with E-state index in [0.29, 0.717) is 18.0 Å². The smallest absolute Gasteiger partial charge is 0.161 e. The summed E-state index contributed by atoms with van der Waals surface area (Å²) in [4.78, 5) is 4.72. The van der Waals surface area contributed by atoms with Gasteiger partial charge in [0.15, 0.2) is 11.5 Å². The van der Waals surface area contributed by atoms with Crippen LogP contribution in [0.5, 0.6) is 11.5 Å². The van der Waals surface area contributed by atoms with E-state index in [1.54, 1.807) is 7.11 Å². The van der Waals surface area contributed by atoms with Crippen LogP contribution in [-0.2, 0) is 11.3 Å². The van der Waals surface area contributed by atoms with Crippen molar-refractivity contribution in [3.63, 3.8) is 0 Å². The van der Waals surface area contributed by atoms with E-state index in [2.05, 4.69) is 15.1 Å². The Hall–Kier alpha value is -1.03. The van der Waals surface area contributed by atoms with E-state index in [1.165, 1.54) is 0 Å². The van der Waals surface area contributed by atoms with Gasteiger partial charge in [-0.2, -0.15) is 11.8 Å². The van der Waals surface area contributed by atoms with Crippen molar-refractivity contribution < 1.29 is 19.3 Å². The molecule has 164 valence electrons. The van der Waals surface area contributed by atoms with Crippen LogP contribution in [0.25, 0.3) is 0 Å². The Balaban J connectivity index is 1.39. The Morgan fingerprint density at radius 3 is 2.69 bits per heavy atom. The molecule has 2 saturated heterocycles. The normalized spacial score (nSPS) is 19.8. The molecule has 0 aromatic heterocycles. The number of nitrogens with one attached hydrogen (secondary N) is 1. The summed E-state index contributed by atoms with van der Waals surface area (Å²) in [6.07, 6.45) is -0.496. The lowest BCUT2D eigenvalue weighted by molar-refractivity contribution is 0.0384. The zero-order valence-electron chi connectivity index (χ0n) is 17.5. The average Bonchev–Trinajstić information content (AvgIpc) is 2.77. The van der Waals surface area contributed by atoms with Crippen LogP contribution in [0.2, 0.25) is 0 Å². The van der Waals surface area contributed by atoms with Crippen molar-refractivity contribution in [2.75, 3.05) is 84.2 Å². The topological polar surface area (TPSA) is 66.4 Å². The second-order valence-corrected chi connectivity index (χ2v) is 8.72. The number of aliphatic hydroxyl groups is 1. The molecule has 0 aliphatic carbocycles. The summed E-state index contributed by atoms with van der Waals surface area (Å²) >= 11 is 1.97. The zero-order valence-corrected chi connectivity index (χ0v) is 18.3. The Labute approximate surface area is 178 Å². The molecule has 1 atom stereocenters. The maximum atomic E-state index is 10.3. The number of thioether (sulfide) groups is 1. The number of morpholine rings is 1. The van der Waals surface area contributed by atoms with Gasteiger partial charge in [-0.15, -0.1) is 0 Å². The minimum absolute atomic E-state index is 0.275. The Kier molecular flexibility index (Phi) is 9.85. The molecule has 1 aromatic rings. The van der Waals surface area contributed by atoms with Crippen molar-refractivity contribution in [1.29, 1.82) is 0 Å². The zero-order chi connectivity index (χ0) is 20.3. The monoisotopic (exact) mass is 425 g/mol. The first kappa shape index (κ1) is 22.7. The molecule has 29 heavy (non-hydrogen) atoms. The van der Waals surface area contributed by atoms with Gasteiger partial charge in [-0.25, -0.2) is 0 Å². The predicted octanol–water partition coefficient (Wildman–Crippen LogP) is 0.906. The molecule has 2 aliphatic rings. The molecular weight excluding hydrogens is 390 g/mol. The number of methoxy groups -OCH3 is 1. The Morgan fingerprint density at radius 1 is 1.14 bits per heavy atom. The van der Waals surface area contributed by atoms with Crippen molar-refractivity contribution in [3.05, 3.63) is 23.8 Å². The fraction of sp³-hybridized carbons (Fsp3) is 0.714. The molecule has 7 nitrogen and oxygen atoms in total. The predicted molar refractivity (Wildman–Crippen MR) is 117 cm³/mol. The molecule has 0 saturated carbocycles. The van der Waals surface area contributed by atoms with Gasteiger partial charge in [-0.1, -0.05) is 6.07 Å². The third-order valence-corrected chi connectivity index (χ3v) is 6.21. The quantitative estimate of drug-likeness (QED) is 0.507. The second-order valence-electron chi connectivity index (χ2n) is 7.49. The van der Waals surface area contributed by atoms with Crippen LogP contribution in [0.15, 0.2) is 18.2 Å². The summed E-state index contributed by atoms with van der Waals surface area (Å²) in [7, 11) is 1.65. The van der Waals surface area contributed by atoms with Crippen LogP contribution in [0.3, 0.4) is 0 Å². The van der Waals surface area contributed by atoms with E-state index < -0.39 is 6.10 Å². The summed E-state index contributed by atoms with van der Waals surface area (Å²) in [5, 5.41) is 13.8. The first-order chi connectivity index (χ1) is 14.2. The van der Waals surface area contributed by atoms with Crippen LogP contribution >= 0.6 is 11.8 Å². The number of ether oxygens (including phenoxy) is 3. The van der Waals surface area contributed by atoms with Gasteiger partial charge in [0.25, 0.3) is 0 Å². The molecule has 1 aromatic carbocycles. The molecule has 2 heterocycles. The lowest BCUT2D eigenvalue weighted by Gasteiger charge is -2.28. The largest absolute Gasteiger partial charge is 0.493 e. The highest BCUT2D eigenvalue weighted by Gasteiger charge is 2.16. The van der Waals surface area contributed by atoms with Gasteiger partial charge < -0.3 is 24.6 Å². The van der Waals surface area contributed by atoms with E-state index in [1.807, 2.05) is 30.0 Å². The number of benzene rings is 1. The standard InChI is InChI=1S/C21H35N3O4S/c1-26-21-14-18(15-22-4-5-23-6-10-27-11-7-23)2-3-20(21)28-17-19(25)16-24-8-12-29-13-9-24/h2-3,14,19,22,25H,4-13,15-17H2,1H3/t19-/m1/s1. The highest BCUT2D eigenvalue weighted by Crippen LogP contribution is 2.28. The number of hydrogen-bond acceptors (Lipinski definition) is 8. The third-order valence-electron chi connectivity index (χ3n) is 5.27. The lowest BCUT2D eigenvalue weighted by atomic mass is 10.2. The summed E-state index contributed by atoms with van der Waals surface area (Å²) in [6, 6.07) is 5.99. The van der Waals surface area contributed by atoms with E-state index in [0.717, 1.165) is 76.1 Å². The SMILES string of the molecule is COc1cc(CNCCN2CCOCC2)ccc1OC[C@H](O)CN1CCSCC1. The van der Waals surface area contributed by atoms with E-state index in [4.69, 9.17) is 14.2 Å². The molecule has 0 bridgehead atoms. The highest BCUT2D eigenvalue weighted by molar-refractivity contribution is 7.99. The molecule has 0 unspecified atom stereocenters. The third kappa shape index (κ3) is 7.96. The average molecular weight is 426 g/mol. The van der Waals surface area contributed by atoms with Crippen LogP contribution in [-0.4, -0.2) is 105 Å². The molecule has 2 fully saturated rings. The van der Waals surface area contributed by atoms with Crippen LogP contribution in [0, 0.1) is 0 Å². The molecule has 0 radical (unpaired) electrons. The summed E-state index contributed by atoms with van der Waals surface area (Å²) < 4.78 is 16.7. The number of hydrogen-bond donors (Lipinski definition) is 2. The van der Waals surface area contributed by atoms with E-state index in [9.17, 15) is 5.11 Å². The molecule has 0 spiro atoms. The number of β-amino-alcohol motifs (C(OH)–C–C–N with tert-alkyl or cyclic N) is 1. The van der Waals surface area contributed by atoms with E-state index >= 15 is 0 Å².